The fourth-order valence-corrected chi connectivity index (χ4v) is 1.89. The Labute approximate surface area is 108 Å². The van der Waals surface area contributed by atoms with E-state index < -0.39 is 0 Å². The number of rotatable bonds is 6. The zero-order valence-corrected chi connectivity index (χ0v) is 10.8. The summed E-state index contributed by atoms with van der Waals surface area (Å²) in [5.74, 6) is 0. The number of benzene rings is 1. The molecule has 0 atom stereocenters. The number of hydrogen-bond acceptors (Lipinski definition) is 3. The van der Waals surface area contributed by atoms with Crippen molar-refractivity contribution in [2.24, 2.45) is 5.73 Å². The Hall–Kier alpha value is -1.68. The number of nitrogens with zero attached hydrogens (tertiary/aromatic N) is 3. The lowest BCUT2D eigenvalue weighted by atomic mass is 10.1. The van der Waals surface area contributed by atoms with Gasteiger partial charge in [0.05, 0.1) is 18.4 Å². The van der Waals surface area contributed by atoms with Crippen molar-refractivity contribution < 1.29 is 0 Å². The first kappa shape index (κ1) is 12.8. The zero-order valence-electron chi connectivity index (χ0n) is 10.8. The molecule has 1 heterocycles. The summed E-state index contributed by atoms with van der Waals surface area (Å²) in [5.41, 5.74) is 8.98. The topological polar surface area (TPSA) is 56.7 Å². The molecule has 2 rings (SSSR count). The summed E-state index contributed by atoms with van der Waals surface area (Å²) in [7, 11) is 0. The molecule has 0 unspecified atom stereocenters. The summed E-state index contributed by atoms with van der Waals surface area (Å²) >= 11 is 0. The second-order valence-electron chi connectivity index (χ2n) is 4.53. The molecule has 0 aliphatic heterocycles. The van der Waals surface area contributed by atoms with Crippen LogP contribution in [0.2, 0.25) is 0 Å². The molecule has 4 heteroatoms. The summed E-state index contributed by atoms with van der Waals surface area (Å²) in [6, 6.07) is 8.72. The van der Waals surface area contributed by atoms with Crippen LogP contribution in [-0.2, 0) is 19.5 Å². The fourth-order valence-electron chi connectivity index (χ4n) is 1.89. The van der Waals surface area contributed by atoms with Gasteiger partial charge in [0, 0.05) is 6.54 Å². The maximum absolute atomic E-state index is 5.51. The molecule has 0 radical (unpaired) electrons. The van der Waals surface area contributed by atoms with E-state index in [1.165, 1.54) is 24.0 Å². The Morgan fingerprint density at radius 3 is 2.50 bits per heavy atom. The Bertz CT molecular complexity index is 473. The third-order valence-electron chi connectivity index (χ3n) is 2.98. The van der Waals surface area contributed by atoms with Gasteiger partial charge >= 0.3 is 0 Å². The molecule has 2 aromatic rings. The molecule has 1 aromatic heterocycles. The first-order valence-corrected chi connectivity index (χ1v) is 6.48. The van der Waals surface area contributed by atoms with E-state index >= 15 is 0 Å². The SMILES string of the molecule is CCCCc1ccc(Cn2cc(CN)nn2)cc1. The van der Waals surface area contributed by atoms with Crippen LogP contribution in [0.25, 0.3) is 0 Å². The molecule has 0 saturated heterocycles. The highest BCUT2D eigenvalue weighted by atomic mass is 15.4. The van der Waals surface area contributed by atoms with Gasteiger partial charge in [-0.3, -0.25) is 0 Å². The average Bonchev–Trinajstić information content (AvgIpc) is 2.86. The lowest BCUT2D eigenvalue weighted by molar-refractivity contribution is 0.649. The van der Waals surface area contributed by atoms with E-state index in [0.717, 1.165) is 18.7 Å². The first-order valence-electron chi connectivity index (χ1n) is 6.48. The molecule has 0 fully saturated rings. The number of nitrogens with two attached hydrogens (primary N) is 1. The maximum atomic E-state index is 5.51. The second-order valence-corrected chi connectivity index (χ2v) is 4.53. The van der Waals surface area contributed by atoms with Crippen LogP contribution in [0.15, 0.2) is 30.5 Å². The van der Waals surface area contributed by atoms with Gasteiger partial charge in [0.2, 0.25) is 0 Å². The standard InChI is InChI=1S/C14H20N4/c1-2-3-4-12-5-7-13(8-6-12)10-18-11-14(9-15)16-17-18/h5-8,11H,2-4,9-10,15H2,1H3. The molecule has 2 N–H and O–H groups in total. The number of aromatic nitrogens is 3. The summed E-state index contributed by atoms with van der Waals surface area (Å²) < 4.78 is 1.82. The van der Waals surface area contributed by atoms with Crippen molar-refractivity contribution in [2.75, 3.05) is 0 Å². The molecule has 0 aliphatic rings. The van der Waals surface area contributed by atoms with Gasteiger partial charge in [0.1, 0.15) is 0 Å². The predicted octanol–water partition coefficient (Wildman–Crippen LogP) is 2.13. The highest BCUT2D eigenvalue weighted by Crippen LogP contribution is 2.09. The van der Waals surface area contributed by atoms with Crippen molar-refractivity contribution >= 4 is 0 Å². The smallest absolute Gasteiger partial charge is 0.0962 e. The molecule has 0 bridgehead atoms. The molecule has 0 saturated carbocycles. The third kappa shape index (κ3) is 3.40. The van der Waals surface area contributed by atoms with E-state index in [0.29, 0.717) is 6.54 Å². The lowest BCUT2D eigenvalue weighted by Gasteiger charge is -2.03. The third-order valence-corrected chi connectivity index (χ3v) is 2.98. The first-order chi connectivity index (χ1) is 8.81. The molecule has 4 nitrogen and oxygen atoms in total. The van der Waals surface area contributed by atoms with Gasteiger partial charge in [-0.15, -0.1) is 5.10 Å². The van der Waals surface area contributed by atoms with E-state index in [1.807, 2.05) is 10.9 Å². The summed E-state index contributed by atoms with van der Waals surface area (Å²) in [4.78, 5) is 0. The quantitative estimate of drug-likeness (QED) is 0.847. The largest absolute Gasteiger partial charge is 0.325 e. The maximum Gasteiger partial charge on any atom is 0.0962 e. The zero-order chi connectivity index (χ0) is 12.8. The van der Waals surface area contributed by atoms with E-state index in [2.05, 4.69) is 41.5 Å². The van der Waals surface area contributed by atoms with Crippen molar-refractivity contribution in [1.82, 2.24) is 15.0 Å². The monoisotopic (exact) mass is 244 g/mol. The molecule has 0 spiro atoms. The van der Waals surface area contributed by atoms with Crippen LogP contribution in [-0.4, -0.2) is 15.0 Å². The van der Waals surface area contributed by atoms with Crippen LogP contribution < -0.4 is 5.73 Å². The minimum atomic E-state index is 0.440. The highest BCUT2D eigenvalue weighted by Gasteiger charge is 2.00. The Balaban J connectivity index is 1.97. The van der Waals surface area contributed by atoms with Crippen LogP contribution in [0.1, 0.15) is 36.6 Å². The minimum absolute atomic E-state index is 0.440. The Morgan fingerprint density at radius 2 is 1.89 bits per heavy atom. The number of unbranched alkanes of at least 4 members (excludes halogenated alkanes) is 1. The Kier molecular flexibility index (Phi) is 4.47. The lowest BCUT2D eigenvalue weighted by Crippen LogP contribution is -2.00. The van der Waals surface area contributed by atoms with Crippen molar-refractivity contribution in [2.45, 2.75) is 39.3 Å². The molecular formula is C14H20N4. The predicted molar refractivity (Wildman–Crippen MR) is 72.1 cm³/mol. The molecular weight excluding hydrogens is 224 g/mol. The van der Waals surface area contributed by atoms with E-state index in [1.54, 1.807) is 0 Å². The highest BCUT2D eigenvalue weighted by molar-refractivity contribution is 5.22. The van der Waals surface area contributed by atoms with Crippen molar-refractivity contribution in [3.8, 4) is 0 Å². The number of hydrogen-bond donors (Lipinski definition) is 1. The van der Waals surface area contributed by atoms with Gasteiger partial charge in [0.25, 0.3) is 0 Å². The summed E-state index contributed by atoms with van der Waals surface area (Å²) in [5, 5.41) is 8.02. The van der Waals surface area contributed by atoms with E-state index in [-0.39, 0.29) is 0 Å². The van der Waals surface area contributed by atoms with Crippen LogP contribution in [0, 0.1) is 0 Å². The van der Waals surface area contributed by atoms with Gasteiger partial charge in [-0.2, -0.15) is 0 Å². The molecule has 96 valence electrons. The number of aryl methyl sites for hydroxylation is 1. The van der Waals surface area contributed by atoms with Gasteiger partial charge in [-0.1, -0.05) is 42.8 Å². The van der Waals surface area contributed by atoms with Gasteiger partial charge in [-0.05, 0) is 24.0 Å². The van der Waals surface area contributed by atoms with E-state index in [4.69, 9.17) is 5.73 Å². The second kappa shape index (κ2) is 6.31. The van der Waals surface area contributed by atoms with E-state index in [9.17, 15) is 0 Å². The van der Waals surface area contributed by atoms with Crippen molar-refractivity contribution in [1.29, 1.82) is 0 Å². The normalized spacial score (nSPS) is 10.8. The molecule has 18 heavy (non-hydrogen) atoms. The van der Waals surface area contributed by atoms with Gasteiger partial charge in [0.15, 0.2) is 0 Å². The fraction of sp³-hybridized carbons (Fsp3) is 0.429. The summed E-state index contributed by atoms with van der Waals surface area (Å²) in [6.45, 7) is 3.41. The molecule has 1 aromatic carbocycles. The average molecular weight is 244 g/mol. The summed E-state index contributed by atoms with van der Waals surface area (Å²) in [6.07, 6.45) is 5.55. The molecule has 0 amide bonds. The van der Waals surface area contributed by atoms with Crippen LogP contribution >= 0.6 is 0 Å². The van der Waals surface area contributed by atoms with Crippen LogP contribution in [0.5, 0.6) is 0 Å². The van der Waals surface area contributed by atoms with Crippen LogP contribution in [0.4, 0.5) is 0 Å². The van der Waals surface area contributed by atoms with Gasteiger partial charge < -0.3 is 5.73 Å². The van der Waals surface area contributed by atoms with Crippen molar-refractivity contribution in [3.05, 3.63) is 47.3 Å². The molecule has 0 aliphatic carbocycles. The van der Waals surface area contributed by atoms with Crippen molar-refractivity contribution in [3.63, 3.8) is 0 Å². The minimum Gasteiger partial charge on any atom is -0.325 e. The van der Waals surface area contributed by atoms with Gasteiger partial charge in [-0.25, -0.2) is 4.68 Å². The van der Waals surface area contributed by atoms with Crippen LogP contribution in [0.3, 0.4) is 0 Å². The Morgan fingerprint density at radius 1 is 1.17 bits per heavy atom.